The minimum atomic E-state index is -2.44. The lowest BCUT2D eigenvalue weighted by Gasteiger charge is -2.31. The van der Waals surface area contributed by atoms with Gasteiger partial charge in [-0.25, -0.2) is 4.79 Å². The highest BCUT2D eigenvalue weighted by atomic mass is 28.4. The third-order valence-electron chi connectivity index (χ3n) is 2.54. The van der Waals surface area contributed by atoms with Crippen LogP contribution in [0.15, 0.2) is 12.2 Å². The van der Waals surface area contributed by atoms with Crippen molar-refractivity contribution in [2.24, 2.45) is 0 Å². The van der Waals surface area contributed by atoms with Gasteiger partial charge in [-0.05, 0) is 19.9 Å². The van der Waals surface area contributed by atoms with Crippen molar-refractivity contribution in [2.45, 2.75) is 39.0 Å². The van der Waals surface area contributed by atoms with Crippen LogP contribution in [0.25, 0.3) is 0 Å². The Kier molecular flexibility index (Phi) is 6.55. The molecule has 1 atom stereocenters. The Bertz CT molecular complexity index is 248. The second-order valence-electron chi connectivity index (χ2n) is 3.89. The van der Waals surface area contributed by atoms with Crippen LogP contribution < -0.4 is 0 Å². The zero-order valence-electron chi connectivity index (χ0n) is 10.8. The lowest BCUT2D eigenvalue weighted by atomic mass is 10.3. The molecule has 0 N–H and O–H groups in total. The summed E-state index contributed by atoms with van der Waals surface area (Å²) in [5, 5.41) is 0. The molecule has 4 nitrogen and oxygen atoms in total. The number of hydrogen-bond donors (Lipinski definition) is 0. The summed E-state index contributed by atoms with van der Waals surface area (Å²) < 4.78 is 16.2. The first-order chi connectivity index (χ1) is 7.41. The Morgan fingerprint density at radius 1 is 1.38 bits per heavy atom. The average molecular weight is 246 g/mol. The highest BCUT2D eigenvalue weighted by molar-refractivity contribution is 6.67. The predicted octanol–water partition coefficient (Wildman–Crippen LogP) is 2.18. The van der Waals surface area contributed by atoms with Crippen molar-refractivity contribution in [3.05, 3.63) is 12.2 Å². The van der Waals surface area contributed by atoms with E-state index in [2.05, 4.69) is 6.58 Å². The van der Waals surface area contributed by atoms with Crippen LogP contribution >= 0.6 is 0 Å². The van der Waals surface area contributed by atoms with Gasteiger partial charge < -0.3 is 13.6 Å². The molecule has 0 spiro atoms. The maximum Gasteiger partial charge on any atom is 0.376 e. The minimum Gasteiger partial charge on any atom is -0.457 e. The highest BCUT2D eigenvalue weighted by Crippen LogP contribution is 2.19. The van der Waals surface area contributed by atoms with Gasteiger partial charge in [-0.3, -0.25) is 0 Å². The first-order valence-corrected chi connectivity index (χ1v) is 7.77. The van der Waals surface area contributed by atoms with Crippen LogP contribution in [0.5, 0.6) is 0 Å². The average Bonchev–Trinajstić information content (AvgIpc) is 2.27. The van der Waals surface area contributed by atoms with Crippen molar-refractivity contribution in [1.82, 2.24) is 0 Å². The minimum absolute atomic E-state index is 0.295. The van der Waals surface area contributed by atoms with E-state index >= 15 is 0 Å². The molecule has 1 unspecified atom stereocenters. The van der Waals surface area contributed by atoms with Gasteiger partial charge in [0.2, 0.25) is 0 Å². The Balaban J connectivity index is 4.72. The summed E-state index contributed by atoms with van der Waals surface area (Å²) in [5.41, 5.74) is 0.0985. The molecule has 0 aromatic carbocycles. The number of esters is 1. The predicted molar refractivity (Wildman–Crippen MR) is 65.2 cm³/mol. The highest BCUT2D eigenvalue weighted by Gasteiger charge is 2.42. The summed E-state index contributed by atoms with van der Waals surface area (Å²) in [6.45, 7) is 9.11. The SMILES string of the molecule is C=C(C)C(=O)OC(CCC)[Si](C)(OC)OC. The normalized spacial score (nSPS) is 13.3. The Morgan fingerprint density at radius 2 is 1.88 bits per heavy atom. The second-order valence-corrected chi connectivity index (χ2v) is 7.38. The number of carbonyl (C=O) groups excluding carboxylic acids is 1. The molecule has 16 heavy (non-hydrogen) atoms. The van der Waals surface area contributed by atoms with Crippen molar-refractivity contribution in [3.63, 3.8) is 0 Å². The Morgan fingerprint density at radius 3 is 2.19 bits per heavy atom. The van der Waals surface area contributed by atoms with Crippen LogP contribution in [-0.4, -0.2) is 34.5 Å². The van der Waals surface area contributed by atoms with E-state index in [0.717, 1.165) is 12.8 Å². The molecule has 0 saturated heterocycles. The molecule has 0 aliphatic heterocycles. The van der Waals surface area contributed by atoms with E-state index in [4.69, 9.17) is 13.6 Å². The molecule has 0 radical (unpaired) electrons. The van der Waals surface area contributed by atoms with Gasteiger partial charge in [0.1, 0.15) is 5.73 Å². The quantitative estimate of drug-likeness (QED) is 0.392. The van der Waals surface area contributed by atoms with Gasteiger partial charge in [-0.15, -0.1) is 0 Å². The largest absolute Gasteiger partial charge is 0.457 e. The third kappa shape index (κ3) is 4.07. The van der Waals surface area contributed by atoms with Gasteiger partial charge in [-0.2, -0.15) is 0 Å². The van der Waals surface area contributed by atoms with Crippen LogP contribution in [0.2, 0.25) is 6.55 Å². The summed E-state index contributed by atoms with van der Waals surface area (Å²) in [5.74, 6) is -0.383. The fourth-order valence-corrected chi connectivity index (χ4v) is 3.09. The van der Waals surface area contributed by atoms with E-state index < -0.39 is 8.56 Å². The van der Waals surface area contributed by atoms with Crippen molar-refractivity contribution in [2.75, 3.05) is 14.2 Å². The van der Waals surface area contributed by atoms with Crippen LogP contribution in [0.3, 0.4) is 0 Å². The van der Waals surface area contributed by atoms with E-state index in [1.807, 2.05) is 13.5 Å². The number of carbonyl (C=O) groups is 1. The molecule has 0 aromatic rings. The molecule has 0 bridgehead atoms. The van der Waals surface area contributed by atoms with Crippen molar-refractivity contribution in [1.29, 1.82) is 0 Å². The van der Waals surface area contributed by atoms with Crippen molar-refractivity contribution in [3.8, 4) is 0 Å². The summed E-state index contributed by atoms with van der Waals surface area (Å²) in [4.78, 5) is 11.5. The maximum atomic E-state index is 11.5. The summed E-state index contributed by atoms with van der Waals surface area (Å²) in [6, 6.07) is 0. The second kappa shape index (κ2) is 6.83. The van der Waals surface area contributed by atoms with Crippen LogP contribution in [0, 0.1) is 0 Å². The Labute approximate surface area is 98.8 Å². The van der Waals surface area contributed by atoms with Gasteiger partial charge in [0, 0.05) is 19.8 Å². The molecule has 0 aromatic heterocycles. The van der Waals surface area contributed by atoms with Crippen molar-refractivity contribution < 1.29 is 18.4 Å². The molecule has 0 saturated carbocycles. The maximum absolute atomic E-state index is 11.5. The fraction of sp³-hybridized carbons (Fsp3) is 0.727. The van der Waals surface area contributed by atoms with Gasteiger partial charge in [0.15, 0.2) is 0 Å². The molecular formula is C11H22O4Si. The first-order valence-electron chi connectivity index (χ1n) is 5.38. The van der Waals surface area contributed by atoms with Gasteiger partial charge in [-0.1, -0.05) is 19.9 Å². The van der Waals surface area contributed by atoms with E-state index in [1.165, 1.54) is 0 Å². The van der Waals surface area contributed by atoms with Gasteiger partial charge >= 0.3 is 14.5 Å². The third-order valence-corrected chi connectivity index (χ3v) is 5.74. The molecule has 0 rings (SSSR count). The fourth-order valence-electron chi connectivity index (χ4n) is 1.27. The molecule has 0 aliphatic carbocycles. The molecule has 0 aliphatic rings. The molecule has 94 valence electrons. The van der Waals surface area contributed by atoms with E-state index in [0.29, 0.717) is 5.57 Å². The number of rotatable bonds is 7. The van der Waals surface area contributed by atoms with E-state index in [-0.39, 0.29) is 11.7 Å². The molecule has 0 amide bonds. The molecular weight excluding hydrogens is 224 g/mol. The number of hydrogen-bond acceptors (Lipinski definition) is 4. The zero-order valence-corrected chi connectivity index (χ0v) is 11.8. The summed E-state index contributed by atoms with van der Waals surface area (Å²) in [7, 11) is 0.740. The molecule has 0 heterocycles. The number of ether oxygens (including phenoxy) is 1. The lowest BCUT2D eigenvalue weighted by Crippen LogP contribution is -2.51. The first kappa shape index (κ1) is 15.3. The van der Waals surface area contributed by atoms with Crippen LogP contribution in [-0.2, 0) is 18.4 Å². The molecule has 5 heteroatoms. The standard InChI is InChI=1S/C11H22O4Si/c1-7-8-10(15-11(12)9(2)3)16(6,13-4)14-5/h10H,2,7-8H2,1,3-6H3. The van der Waals surface area contributed by atoms with Crippen molar-refractivity contribution >= 4 is 14.5 Å². The van der Waals surface area contributed by atoms with Crippen LogP contribution in [0.4, 0.5) is 0 Å². The van der Waals surface area contributed by atoms with Gasteiger partial charge in [0.05, 0.1) is 0 Å². The zero-order chi connectivity index (χ0) is 12.8. The van der Waals surface area contributed by atoms with Crippen LogP contribution in [0.1, 0.15) is 26.7 Å². The van der Waals surface area contributed by atoms with E-state index in [9.17, 15) is 4.79 Å². The van der Waals surface area contributed by atoms with E-state index in [1.54, 1.807) is 21.1 Å². The summed E-state index contributed by atoms with van der Waals surface area (Å²) >= 11 is 0. The van der Waals surface area contributed by atoms with Gasteiger partial charge in [0.25, 0.3) is 0 Å². The molecule has 0 fully saturated rings. The lowest BCUT2D eigenvalue weighted by molar-refractivity contribution is -0.142. The Hall–Kier alpha value is -0.653. The smallest absolute Gasteiger partial charge is 0.376 e. The monoisotopic (exact) mass is 246 g/mol. The topological polar surface area (TPSA) is 44.8 Å². The summed E-state index contributed by atoms with van der Waals surface area (Å²) in [6.07, 6.45) is 1.65.